The van der Waals surface area contributed by atoms with Crippen LogP contribution in [0, 0.1) is 0 Å². The lowest BCUT2D eigenvalue weighted by Gasteiger charge is -2.21. The number of carbonyl (C=O) groups excluding carboxylic acids is 1. The van der Waals surface area contributed by atoms with E-state index in [0.29, 0.717) is 13.1 Å². The average Bonchev–Trinajstić information content (AvgIpc) is 3.17. The fourth-order valence-electron chi connectivity index (χ4n) is 2.44. The predicted octanol–water partition coefficient (Wildman–Crippen LogP) is 1.84. The summed E-state index contributed by atoms with van der Waals surface area (Å²) in [4.78, 5) is 13.9. The van der Waals surface area contributed by atoms with Gasteiger partial charge in [-0.3, -0.25) is 4.68 Å². The lowest BCUT2D eigenvalue weighted by molar-refractivity contribution is 0.174. The fourth-order valence-corrected chi connectivity index (χ4v) is 2.44. The summed E-state index contributed by atoms with van der Waals surface area (Å²) >= 11 is 0. The van der Waals surface area contributed by atoms with Gasteiger partial charge in [0, 0.05) is 32.0 Å². The number of carbonyl (C=O) groups is 1. The number of fused-ring (bicyclic) bond motifs is 1. The molecule has 7 nitrogen and oxygen atoms in total. The number of benzene rings is 1. The van der Waals surface area contributed by atoms with Gasteiger partial charge in [-0.25, -0.2) is 4.79 Å². The highest BCUT2D eigenvalue weighted by Crippen LogP contribution is 2.32. The highest BCUT2D eigenvalue weighted by molar-refractivity contribution is 5.74. The Morgan fingerprint density at radius 1 is 1.43 bits per heavy atom. The molecule has 0 radical (unpaired) electrons. The third kappa shape index (κ3) is 3.74. The van der Waals surface area contributed by atoms with Crippen LogP contribution >= 0.6 is 0 Å². The molecule has 1 aliphatic rings. The van der Waals surface area contributed by atoms with Crippen molar-refractivity contribution in [3.05, 3.63) is 42.2 Å². The van der Waals surface area contributed by atoms with Crippen molar-refractivity contribution in [1.29, 1.82) is 0 Å². The Bertz CT molecular complexity index is 672. The van der Waals surface area contributed by atoms with Gasteiger partial charge in [-0.15, -0.1) is 0 Å². The number of nitrogens with zero attached hydrogens (tertiary/aromatic N) is 3. The van der Waals surface area contributed by atoms with Crippen LogP contribution in [0.15, 0.2) is 36.7 Å². The maximum atomic E-state index is 12.2. The minimum absolute atomic E-state index is 0.0124. The number of aromatic nitrogens is 2. The van der Waals surface area contributed by atoms with Gasteiger partial charge in [0.2, 0.25) is 6.79 Å². The number of rotatable bonds is 5. The molecular formula is C16H20N4O3. The molecule has 7 heteroatoms. The Kier molecular flexibility index (Phi) is 4.36. The second-order valence-corrected chi connectivity index (χ2v) is 5.62. The van der Waals surface area contributed by atoms with E-state index < -0.39 is 0 Å². The topological polar surface area (TPSA) is 68.6 Å². The first-order valence-electron chi connectivity index (χ1n) is 7.49. The Morgan fingerprint density at radius 2 is 2.26 bits per heavy atom. The fraction of sp³-hybridized carbons (Fsp3) is 0.375. The average molecular weight is 316 g/mol. The molecular weight excluding hydrogens is 296 g/mol. The summed E-state index contributed by atoms with van der Waals surface area (Å²) < 4.78 is 12.4. The number of ether oxygens (including phenoxy) is 2. The van der Waals surface area contributed by atoms with Crippen molar-refractivity contribution in [1.82, 2.24) is 20.0 Å². The van der Waals surface area contributed by atoms with Crippen molar-refractivity contribution in [2.45, 2.75) is 26.1 Å². The molecule has 1 aromatic heterocycles. The first-order chi connectivity index (χ1) is 11.1. The van der Waals surface area contributed by atoms with E-state index in [4.69, 9.17) is 9.47 Å². The summed E-state index contributed by atoms with van der Waals surface area (Å²) in [5.41, 5.74) is 0.992. The number of nitrogens with one attached hydrogen (secondary N) is 1. The first-order valence-corrected chi connectivity index (χ1v) is 7.49. The van der Waals surface area contributed by atoms with Crippen molar-refractivity contribution in [2.75, 3.05) is 13.8 Å². The quantitative estimate of drug-likeness (QED) is 0.914. The normalized spacial score (nSPS) is 13.7. The summed E-state index contributed by atoms with van der Waals surface area (Å²) in [6, 6.07) is 7.43. The lowest BCUT2D eigenvalue weighted by Crippen LogP contribution is -2.43. The molecule has 3 rings (SSSR count). The molecule has 0 spiro atoms. The predicted molar refractivity (Wildman–Crippen MR) is 84.3 cm³/mol. The highest BCUT2D eigenvalue weighted by atomic mass is 16.7. The van der Waals surface area contributed by atoms with Crippen molar-refractivity contribution in [2.24, 2.45) is 0 Å². The summed E-state index contributed by atoms with van der Waals surface area (Å²) in [7, 11) is 1.76. The largest absolute Gasteiger partial charge is 0.454 e. The van der Waals surface area contributed by atoms with Crippen LogP contribution in [-0.4, -0.2) is 40.6 Å². The molecule has 2 heterocycles. The van der Waals surface area contributed by atoms with E-state index in [1.54, 1.807) is 22.8 Å². The Labute approximate surface area is 134 Å². The van der Waals surface area contributed by atoms with Gasteiger partial charge in [-0.05, 0) is 30.7 Å². The number of hydrogen-bond donors (Lipinski definition) is 1. The first kappa shape index (κ1) is 15.2. The summed E-state index contributed by atoms with van der Waals surface area (Å²) in [5.74, 6) is 1.47. The van der Waals surface area contributed by atoms with Crippen LogP contribution < -0.4 is 14.8 Å². The number of amides is 2. The van der Waals surface area contributed by atoms with Crippen molar-refractivity contribution in [3.8, 4) is 11.5 Å². The molecule has 1 aromatic carbocycles. The summed E-state index contributed by atoms with van der Waals surface area (Å²) in [6.45, 7) is 3.33. The SMILES string of the molecule is CC(Cn1cccn1)NC(=O)N(C)Cc1ccc2c(c1)OCO2. The lowest BCUT2D eigenvalue weighted by atomic mass is 10.2. The monoisotopic (exact) mass is 316 g/mol. The molecule has 2 amide bonds. The molecule has 0 saturated heterocycles. The van der Waals surface area contributed by atoms with E-state index in [-0.39, 0.29) is 18.9 Å². The van der Waals surface area contributed by atoms with E-state index in [0.717, 1.165) is 17.1 Å². The van der Waals surface area contributed by atoms with Gasteiger partial charge in [0.05, 0.1) is 6.54 Å². The second-order valence-electron chi connectivity index (χ2n) is 5.62. The Hall–Kier alpha value is -2.70. The summed E-state index contributed by atoms with van der Waals surface area (Å²) in [5, 5.41) is 7.10. The highest BCUT2D eigenvalue weighted by Gasteiger charge is 2.16. The van der Waals surface area contributed by atoms with Crippen molar-refractivity contribution in [3.63, 3.8) is 0 Å². The van der Waals surface area contributed by atoms with Crippen LogP contribution in [0.4, 0.5) is 4.79 Å². The molecule has 1 aliphatic heterocycles. The van der Waals surface area contributed by atoms with E-state index in [2.05, 4.69) is 10.4 Å². The van der Waals surface area contributed by atoms with Gasteiger partial charge in [-0.2, -0.15) is 5.10 Å². The third-order valence-electron chi connectivity index (χ3n) is 3.59. The van der Waals surface area contributed by atoms with Gasteiger partial charge >= 0.3 is 6.03 Å². The molecule has 0 aliphatic carbocycles. The molecule has 1 atom stereocenters. The van der Waals surface area contributed by atoms with Crippen LogP contribution in [0.25, 0.3) is 0 Å². The molecule has 0 bridgehead atoms. The Morgan fingerprint density at radius 3 is 3.04 bits per heavy atom. The molecule has 0 saturated carbocycles. The van der Waals surface area contributed by atoms with Crippen LogP contribution in [0.3, 0.4) is 0 Å². The third-order valence-corrected chi connectivity index (χ3v) is 3.59. The van der Waals surface area contributed by atoms with E-state index in [1.807, 2.05) is 37.4 Å². The second kappa shape index (κ2) is 6.60. The maximum absolute atomic E-state index is 12.2. The maximum Gasteiger partial charge on any atom is 0.317 e. The molecule has 23 heavy (non-hydrogen) atoms. The van der Waals surface area contributed by atoms with Gasteiger partial charge < -0.3 is 19.7 Å². The van der Waals surface area contributed by atoms with Crippen LogP contribution in [-0.2, 0) is 13.1 Å². The summed E-state index contributed by atoms with van der Waals surface area (Å²) in [6.07, 6.45) is 3.60. The molecule has 1 N–H and O–H groups in total. The molecule has 0 fully saturated rings. The standard InChI is InChI=1S/C16H20N4O3/c1-12(9-20-7-3-6-17-20)18-16(21)19(2)10-13-4-5-14-15(8-13)23-11-22-14/h3-8,12H,9-11H2,1-2H3,(H,18,21). The number of urea groups is 1. The van der Waals surface area contributed by atoms with Crippen LogP contribution in [0.1, 0.15) is 12.5 Å². The minimum Gasteiger partial charge on any atom is -0.454 e. The molecule has 2 aromatic rings. The zero-order valence-corrected chi connectivity index (χ0v) is 13.2. The van der Waals surface area contributed by atoms with Crippen molar-refractivity contribution < 1.29 is 14.3 Å². The Balaban J connectivity index is 1.53. The van der Waals surface area contributed by atoms with Gasteiger partial charge in [0.25, 0.3) is 0 Å². The van der Waals surface area contributed by atoms with E-state index in [9.17, 15) is 4.79 Å². The van der Waals surface area contributed by atoms with Gasteiger partial charge in [-0.1, -0.05) is 6.07 Å². The zero-order chi connectivity index (χ0) is 16.2. The zero-order valence-electron chi connectivity index (χ0n) is 13.2. The van der Waals surface area contributed by atoms with E-state index in [1.165, 1.54) is 0 Å². The van der Waals surface area contributed by atoms with Crippen molar-refractivity contribution >= 4 is 6.03 Å². The molecule has 122 valence electrons. The van der Waals surface area contributed by atoms with Crippen LogP contribution in [0.5, 0.6) is 11.5 Å². The number of hydrogen-bond acceptors (Lipinski definition) is 4. The van der Waals surface area contributed by atoms with E-state index >= 15 is 0 Å². The van der Waals surface area contributed by atoms with Gasteiger partial charge in [0.1, 0.15) is 0 Å². The smallest absolute Gasteiger partial charge is 0.317 e. The molecule has 1 unspecified atom stereocenters. The van der Waals surface area contributed by atoms with Crippen LogP contribution in [0.2, 0.25) is 0 Å². The van der Waals surface area contributed by atoms with Gasteiger partial charge in [0.15, 0.2) is 11.5 Å². The minimum atomic E-state index is -0.123.